The topological polar surface area (TPSA) is 54.8 Å². The van der Waals surface area contributed by atoms with Crippen LogP contribution in [0, 0.1) is 11.6 Å². The van der Waals surface area contributed by atoms with E-state index in [1.165, 1.54) is 6.07 Å². The van der Waals surface area contributed by atoms with Crippen LogP contribution in [0.4, 0.5) is 14.6 Å². The number of hydrogen-bond donors (Lipinski definition) is 0. The third kappa shape index (κ3) is 2.71. The van der Waals surface area contributed by atoms with Crippen LogP contribution in [0.1, 0.15) is 24.1 Å². The SMILES string of the molecule is CC1c2ccc(F)c(F)c2CCN1c1ccnc(-c2ncccn2)n1. The highest BCUT2D eigenvalue weighted by molar-refractivity contribution is 5.52. The molecule has 126 valence electrons. The average molecular weight is 339 g/mol. The molecule has 1 atom stereocenters. The zero-order chi connectivity index (χ0) is 17.4. The number of rotatable bonds is 2. The molecule has 0 spiro atoms. The van der Waals surface area contributed by atoms with E-state index < -0.39 is 11.6 Å². The van der Waals surface area contributed by atoms with Gasteiger partial charge in [-0.25, -0.2) is 28.7 Å². The van der Waals surface area contributed by atoms with Gasteiger partial charge in [0.05, 0.1) is 6.04 Å². The third-order valence-electron chi connectivity index (χ3n) is 4.45. The van der Waals surface area contributed by atoms with Gasteiger partial charge in [-0.3, -0.25) is 0 Å². The van der Waals surface area contributed by atoms with Crippen molar-refractivity contribution in [2.45, 2.75) is 19.4 Å². The maximum absolute atomic E-state index is 14.0. The molecular weight excluding hydrogens is 324 g/mol. The average Bonchev–Trinajstić information content (AvgIpc) is 2.66. The van der Waals surface area contributed by atoms with Crippen LogP contribution in [0.5, 0.6) is 0 Å². The summed E-state index contributed by atoms with van der Waals surface area (Å²) in [6, 6.07) is 6.22. The van der Waals surface area contributed by atoms with E-state index in [1.807, 2.05) is 11.8 Å². The molecule has 5 nitrogen and oxygen atoms in total. The van der Waals surface area contributed by atoms with Gasteiger partial charge in [-0.2, -0.15) is 0 Å². The fourth-order valence-electron chi connectivity index (χ4n) is 3.19. The first-order valence-corrected chi connectivity index (χ1v) is 7.99. The fourth-order valence-corrected chi connectivity index (χ4v) is 3.19. The summed E-state index contributed by atoms with van der Waals surface area (Å²) < 4.78 is 27.5. The Labute approximate surface area is 143 Å². The largest absolute Gasteiger partial charge is 0.349 e. The van der Waals surface area contributed by atoms with Gasteiger partial charge in [-0.15, -0.1) is 0 Å². The molecule has 1 aromatic carbocycles. The number of nitrogens with zero attached hydrogens (tertiary/aromatic N) is 5. The van der Waals surface area contributed by atoms with Gasteiger partial charge in [0.2, 0.25) is 0 Å². The van der Waals surface area contributed by atoms with Crippen molar-refractivity contribution in [1.82, 2.24) is 19.9 Å². The summed E-state index contributed by atoms with van der Waals surface area (Å²) in [6.45, 7) is 2.50. The molecule has 1 aliphatic heterocycles. The Balaban J connectivity index is 1.70. The highest BCUT2D eigenvalue weighted by atomic mass is 19.2. The minimum atomic E-state index is -0.801. The first-order valence-electron chi connectivity index (χ1n) is 7.99. The quantitative estimate of drug-likeness (QED) is 0.717. The van der Waals surface area contributed by atoms with Gasteiger partial charge in [-0.1, -0.05) is 6.07 Å². The van der Waals surface area contributed by atoms with E-state index in [-0.39, 0.29) is 6.04 Å². The van der Waals surface area contributed by atoms with E-state index in [4.69, 9.17) is 0 Å². The summed E-state index contributed by atoms with van der Waals surface area (Å²) in [5.74, 6) is 0.0410. The van der Waals surface area contributed by atoms with Crippen LogP contribution in [0.25, 0.3) is 11.6 Å². The molecule has 0 saturated heterocycles. The van der Waals surface area contributed by atoms with Crippen LogP contribution < -0.4 is 4.90 Å². The minimum absolute atomic E-state index is 0.127. The van der Waals surface area contributed by atoms with Crippen LogP contribution in [0.15, 0.2) is 42.9 Å². The first kappa shape index (κ1) is 15.6. The van der Waals surface area contributed by atoms with E-state index in [9.17, 15) is 8.78 Å². The zero-order valence-corrected chi connectivity index (χ0v) is 13.5. The molecule has 1 aliphatic rings. The summed E-state index contributed by atoms with van der Waals surface area (Å²) in [6.07, 6.45) is 5.34. The van der Waals surface area contributed by atoms with Gasteiger partial charge in [-0.05, 0) is 42.7 Å². The van der Waals surface area contributed by atoms with E-state index in [2.05, 4.69) is 19.9 Å². The smallest absolute Gasteiger partial charge is 0.199 e. The number of halogens is 2. The second-order valence-electron chi connectivity index (χ2n) is 5.86. The summed E-state index contributed by atoms with van der Waals surface area (Å²) >= 11 is 0. The monoisotopic (exact) mass is 339 g/mol. The number of benzene rings is 1. The second-order valence-corrected chi connectivity index (χ2v) is 5.86. The molecule has 3 heterocycles. The fraction of sp³-hybridized carbons (Fsp3) is 0.222. The molecule has 0 amide bonds. The van der Waals surface area contributed by atoms with Gasteiger partial charge in [0, 0.05) is 25.1 Å². The lowest BCUT2D eigenvalue weighted by Gasteiger charge is -2.36. The van der Waals surface area contributed by atoms with Crippen molar-refractivity contribution in [3.05, 3.63) is 65.6 Å². The summed E-state index contributed by atoms with van der Waals surface area (Å²) in [7, 11) is 0. The maximum Gasteiger partial charge on any atom is 0.199 e. The van der Waals surface area contributed by atoms with Crippen molar-refractivity contribution in [2.24, 2.45) is 0 Å². The van der Waals surface area contributed by atoms with Crippen molar-refractivity contribution >= 4 is 5.82 Å². The molecule has 1 unspecified atom stereocenters. The Kier molecular flexibility index (Phi) is 3.83. The van der Waals surface area contributed by atoms with E-state index in [1.54, 1.807) is 36.8 Å². The molecule has 0 aliphatic carbocycles. The molecule has 0 fully saturated rings. The Morgan fingerprint density at radius 3 is 2.56 bits per heavy atom. The highest BCUT2D eigenvalue weighted by Gasteiger charge is 2.28. The maximum atomic E-state index is 14.0. The molecule has 25 heavy (non-hydrogen) atoms. The van der Waals surface area contributed by atoms with Crippen molar-refractivity contribution in [3.63, 3.8) is 0 Å². The van der Waals surface area contributed by atoms with Gasteiger partial charge in [0.15, 0.2) is 23.3 Å². The van der Waals surface area contributed by atoms with E-state index >= 15 is 0 Å². The van der Waals surface area contributed by atoms with Crippen LogP contribution in [0.3, 0.4) is 0 Å². The number of fused-ring (bicyclic) bond motifs is 1. The first-order chi connectivity index (χ1) is 12.1. The normalized spacial score (nSPS) is 16.6. The lowest BCUT2D eigenvalue weighted by Crippen LogP contribution is -2.35. The van der Waals surface area contributed by atoms with E-state index in [0.717, 1.165) is 5.56 Å². The Morgan fingerprint density at radius 1 is 1.00 bits per heavy atom. The molecule has 3 aromatic rings. The Morgan fingerprint density at radius 2 is 1.76 bits per heavy atom. The molecule has 4 rings (SSSR count). The Bertz CT molecular complexity index is 917. The third-order valence-corrected chi connectivity index (χ3v) is 4.45. The molecule has 7 heteroatoms. The minimum Gasteiger partial charge on any atom is -0.349 e. The summed E-state index contributed by atoms with van der Waals surface area (Å²) in [5, 5.41) is 0. The van der Waals surface area contributed by atoms with Crippen LogP contribution >= 0.6 is 0 Å². The van der Waals surface area contributed by atoms with Crippen LogP contribution in [-0.4, -0.2) is 26.5 Å². The molecule has 0 radical (unpaired) electrons. The highest BCUT2D eigenvalue weighted by Crippen LogP contribution is 2.34. The molecular formula is C18H15F2N5. The van der Waals surface area contributed by atoms with Gasteiger partial charge < -0.3 is 4.90 Å². The summed E-state index contributed by atoms with van der Waals surface area (Å²) in [4.78, 5) is 19.2. The second kappa shape index (κ2) is 6.16. The number of anilines is 1. The van der Waals surface area contributed by atoms with Crippen molar-refractivity contribution in [3.8, 4) is 11.6 Å². The van der Waals surface area contributed by atoms with Crippen molar-refractivity contribution in [1.29, 1.82) is 0 Å². The number of aromatic nitrogens is 4. The predicted octanol–water partition coefficient (Wildman–Crippen LogP) is 3.34. The molecule has 0 bridgehead atoms. The van der Waals surface area contributed by atoms with Gasteiger partial charge >= 0.3 is 0 Å². The van der Waals surface area contributed by atoms with Crippen LogP contribution in [0.2, 0.25) is 0 Å². The van der Waals surface area contributed by atoms with Gasteiger partial charge in [0.25, 0.3) is 0 Å². The van der Waals surface area contributed by atoms with Crippen LogP contribution in [-0.2, 0) is 6.42 Å². The lowest BCUT2D eigenvalue weighted by atomic mass is 9.93. The molecule has 0 N–H and O–H groups in total. The standard InChI is InChI=1S/C18H15F2N5/c1-11-12-3-4-14(19)16(20)13(12)6-10-25(11)15-5-9-23-18(24-15)17-21-7-2-8-22-17/h2-5,7-9,11H,6,10H2,1H3. The Hall–Kier alpha value is -2.96. The zero-order valence-electron chi connectivity index (χ0n) is 13.5. The molecule has 0 saturated carbocycles. The molecule has 2 aromatic heterocycles. The van der Waals surface area contributed by atoms with Crippen molar-refractivity contribution in [2.75, 3.05) is 11.4 Å². The van der Waals surface area contributed by atoms with E-state index in [0.29, 0.717) is 36.0 Å². The number of hydrogen-bond acceptors (Lipinski definition) is 5. The van der Waals surface area contributed by atoms with Gasteiger partial charge in [0.1, 0.15) is 5.82 Å². The lowest BCUT2D eigenvalue weighted by molar-refractivity contribution is 0.484. The predicted molar refractivity (Wildman–Crippen MR) is 88.9 cm³/mol. The summed E-state index contributed by atoms with van der Waals surface area (Å²) in [5.41, 5.74) is 1.23. The van der Waals surface area contributed by atoms with Crippen molar-refractivity contribution < 1.29 is 8.78 Å².